The van der Waals surface area contributed by atoms with Crippen molar-refractivity contribution < 1.29 is 17.9 Å². The van der Waals surface area contributed by atoms with Gasteiger partial charge in [0.05, 0.1) is 12.6 Å². The van der Waals surface area contributed by atoms with Crippen LogP contribution >= 0.6 is 11.6 Å². The van der Waals surface area contributed by atoms with Crippen LogP contribution in [0.4, 0.5) is 5.69 Å². The Kier molecular flexibility index (Phi) is 8.60. The molecule has 10 heteroatoms. The summed E-state index contributed by atoms with van der Waals surface area (Å²) < 4.78 is 33.7. The number of rotatable bonds is 11. The number of aromatic nitrogens is 1. The first kappa shape index (κ1) is 26.4. The molecule has 0 atom stereocenters. The van der Waals surface area contributed by atoms with E-state index in [2.05, 4.69) is 20.3 Å². The number of sulfonamides is 1. The van der Waals surface area contributed by atoms with Gasteiger partial charge >= 0.3 is 0 Å². The number of nitrogens with zero attached hydrogens (tertiary/aromatic N) is 1. The molecule has 1 heterocycles. The molecule has 3 N–H and O–H groups in total. The van der Waals surface area contributed by atoms with Crippen LogP contribution in [0.25, 0.3) is 10.9 Å². The van der Waals surface area contributed by atoms with Crippen LogP contribution in [0.2, 0.25) is 5.02 Å². The number of hydrogen-bond donors (Lipinski definition) is 3. The molecular formula is C27H27ClN4O4S. The van der Waals surface area contributed by atoms with Crippen molar-refractivity contribution in [1.82, 2.24) is 15.0 Å². The highest BCUT2D eigenvalue weighted by Gasteiger charge is 2.21. The number of halogens is 1. The average Bonchev–Trinajstić information content (AvgIpc) is 2.91. The first-order valence-corrected chi connectivity index (χ1v) is 13.5. The lowest BCUT2D eigenvalue weighted by Gasteiger charge is -2.13. The maximum Gasteiger partial charge on any atom is 0.251 e. The van der Waals surface area contributed by atoms with E-state index < -0.39 is 10.0 Å². The Hall–Kier alpha value is -3.66. The number of hydrogen-bond acceptors (Lipinski definition) is 6. The molecule has 1 amide bonds. The number of benzene rings is 3. The second-order valence-corrected chi connectivity index (χ2v) is 10.4. The van der Waals surface area contributed by atoms with Crippen molar-refractivity contribution in [2.75, 3.05) is 25.5 Å². The minimum Gasteiger partial charge on any atom is -0.495 e. The second kappa shape index (κ2) is 12.1. The van der Waals surface area contributed by atoms with E-state index in [0.717, 1.165) is 22.2 Å². The lowest BCUT2D eigenvalue weighted by atomic mass is 10.2. The van der Waals surface area contributed by atoms with Crippen LogP contribution in [-0.2, 0) is 16.6 Å². The summed E-state index contributed by atoms with van der Waals surface area (Å²) in [6.45, 7) is 1.14. The zero-order chi connectivity index (χ0) is 26.3. The normalized spacial score (nSPS) is 11.3. The van der Waals surface area contributed by atoms with E-state index in [0.29, 0.717) is 24.5 Å². The zero-order valence-electron chi connectivity index (χ0n) is 20.2. The number of amides is 1. The quantitative estimate of drug-likeness (QED) is 0.241. The summed E-state index contributed by atoms with van der Waals surface area (Å²) in [6.07, 6.45) is 2.37. The minimum atomic E-state index is -3.92. The van der Waals surface area contributed by atoms with Crippen LogP contribution in [0.5, 0.6) is 5.75 Å². The van der Waals surface area contributed by atoms with E-state index >= 15 is 0 Å². The molecule has 1 aromatic heterocycles. The number of carbonyl (C=O) groups is 1. The number of carbonyl (C=O) groups excluding carboxylic acids is 1. The van der Waals surface area contributed by atoms with Crippen LogP contribution in [0.3, 0.4) is 0 Å². The van der Waals surface area contributed by atoms with Crippen molar-refractivity contribution in [2.45, 2.75) is 17.9 Å². The van der Waals surface area contributed by atoms with E-state index in [1.165, 1.54) is 25.3 Å². The summed E-state index contributed by atoms with van der Waals surface area (Å²) in [6, 6.07) is 20.9. The molecule has 0 radical (unpaired) electrons. The third-order valence-electron chi connectivity index (χ3n) is 5.68. The summed E-state index contributed by atoms with van der Waals surface area (Å²) >= 11 is 6.04. The summed E-state index contributed by atoms with van der Waals surface area (Å²) in [4.78, 5) is 17.0. The van der Waals surface area contributed by atoms with Gasteiger partial charge in [0, 0.05) is 47.5 Å². The molecular weight excluding hydrogens is 512 g/mol. The van der Waals surface area contributed by atoms with Crippen LogP contribution < -0.4 is 20.1 Å². The van der Waals surface area contributed by atoms with Crippen LogP contribution in [0.1, 0.15) is 22.3 Å². The lowest BCUT2D eigenvalue weighted by Crippen LogP contribution is -2.27. The molecule has 0 unspecified atom stereocenters. The van der Waals surface area contributed by atoms with Crippen LogP contribution in [0.15, 0.2) is 83.9 Å². The molecule has 0 fully saturated rings. The Morgan fingerprint density at radius 2 is 1.81 bits per heavy atom. The van der Waals surface area contributed by atoms with Crippen molar-refractivity contribution >= 4 is 44.1 Å². The van der Waals surface area contributed by atoms with Crippen molar-refractivity contribution in [3.63, 3.8) is 0 Å². The molecule has 0 spiro atoms. The van der Waals surface area contributed by atoms with Gasteiger partial charge < -0.3 is 15.4 Å². The molecule has 4 aromatic rings. The Bertz CT molecular complexity index is 1500. The van der Waals surface area contributed by atoms with E-state index in [4.69, 9.17) is 16.3 Å². The van der Waals surface area contributed by atoms with E-state index in [9.17, 15) is 13.2 Å². The Balaban J connectivity index is 1.34. The number of methoxy groups -OCH3 is 1. The fraction of sp³-hybridized carbons (Fsp3) is 0.185. The maximum absolute atomic E-state index is 13.0. The number of nitrogens with one attached hydrogen (secondary N) is 3. The predicted octanol–water partition coefficient (Wildman–Crippen LogP) is 4.61. The van der Waals surface area contributed by atoms with Gasteiger partial charge in [0.1, 0.15) is 10.6 Å². The molecule has 3 aromatic carbocycles. The lowest BCUT2D eigenvalue weighted by molar-refractivity contribution is 0.0953. The highest BCUT2D eigenvalue weighted by Crippen LogP contribution is 2.26. The van der Waals surface area contributed by atoms with Gasteiger partial charge in [0.15, 0.2) is 0 Å². The molecule has 8 nitrogen and oxygen atoms in total. The number of ether oxygens (including phenoxy) is 1. The molecule has 192 valence electrons. The Morgan fingerprint density at radius 3 is 2.59 bits per heavy atom. The zero-order valence-corrected chi connectivity index (χ0v) is 21.8. The fourth-order valence-electron chi connectivity index (χ4n) is 3.77. The smallest absolute Gasteiger partial charge is 0.251 e. The van der Waals surface area contributed by atoms with Gasteiger partial charge in [-0.2, -0.15) is 0 Å². The third kappa shape index (κ3) is 6.76. The van der Waals surface area contributed by atoms with Crippen LogP contribution in [0, 0.1) is 0 Å². The SMILES string of the molecule is COc1ccc(C(=O)NCCCNc2ccnc3cc(Cl)ccc23)cc1S(=O)(=O)NCc1ccccc1. The summed E-state index contributed by atoms with van der Waals surface area (Å²) in [5.74, 6) is -0.210. The monoisotopic (exact) mass is 538 g/mol. The molecule has 4 rings (SSSR count). The number of fused-ring (bicyclic) bond motifs is 1. The Morgan fingerprint density at radius 1 is 1.00 bits per heavy atom. The van der Waals surface area contributed by atoms with Gasteiger partial charge in [0.2, 0.25) is 10.0 Å². The van der Waals surface area contributed by atoms with Gasteiger partial charge in [-0.05, 0) is 54.4 Å². The fourth-order valence-corrected chi connectivity index (χ4v) is 5.15. The van der Waals surface area contributed by atoms with Crippen molar-refractivity contribution in [2.24, 2.45) is 0 Å². The number of pyridine rings is 1. The minimum absolute atomic E-state index is 0.0927. The van der Waals surface area contributed by atoms with Gasteiger partial charge in [0.25, 0.3) is 5.91 Å². The third-order valence-corrected chi connectivity index (χ3v) is 7.34. The van der Waals surface area contributed by atoms with Crippen LogP contribution in [-0.4, -0.2) is 39.5 Å². The molecule has 0 bridgehead atoms. The highest BCUT2D eigenvalue weighted by atomic mass is 35.5. The van der Waals surface area contributed by atoms with Gasteiger partial charge in [-0.25, -0.2) is 13.1 Å². The van der Waals surface area contributed by atoms with E-state index in [1.54, 1.807) is 6.20 Å². The first-order valence-electron chi connectivity index (χ1n) is 11.7. The predicted molar refractivity (Wildman–Crippen MR) is 146 cm³/mol. The maximum atomic E-state index is 13.0. The van der Waals surface area contributed by atoms with Gasteiger partial charge in [-0.15, -0.1) is 0 Å². The van der Waals surface area contributed by atoms with E-state index in [-0.39, 0.29) is 28.7 Å². The molecule has 0 aliphatic carbocycles. The van der Waals surface area contributed by atoms with Crippen molar-refractivity contribution in [3.05, 3.63) is 95.1 Å². The molecule has 0 saturated carbocycles. The van der Waals surface area contributed by atoms with Crippen molar-refractivity contribution in [1.29, 1.82) is 0 Å². The standard InChI is InChI=1S/C27H27ClN4O4S/c1-36-25-11-8-20(16-26(25)37(34,35)32-18-19-6-3-2-4-7-19)27(33)31-14-5-13-29-23-12-15-30-24-17-21(28)9-10-22(23)24/h2-4,6-12,15-17,32H,5,13-14,18H2,1H3,(H,29,30)(H,31,33). The average molecular weight is 539 g/mol. The second-order valence-electron chi connectivity index (χ2n) is 8.23. The Labute approximate surface area is 221 Å². The van der Waals surface area contributed by atoms with E-state index in [1.807, 2.05) is 54.6 Å². The van der Waals surface area contributed by atoms with Gasteiger partial charge in [-0.3, -0.25) is 9.78 Å². The number of anilines is 1. The summed E-state index contributed by atoms with van der Waals surface area (Å²) in [5, 5.41) is 7.78. The topological polar surface area (TPSA) is 109 Å². The van der Waals surface area contributed by atoms with Gasteiger partial charge in [-0.1, -0.05) is 41.9 Å². The molecule has 37 heavy (non-hydrogen) atoms. The van der Waals surface area contributed by atoms with Crippen molar-refractivity contribution in [3.8, 4) is 5.75 Å². The molecule has 0 saturated heterocycles. The first-order chi connectivity index (χ1) is 17.9. The highest BCUT2D eigenvalue weighted by molar-refractivity contribution is 7.89. The molecule has 0 aliphatic rings. The summed E-state index contributed by atoms with van der Waals surface area (Å²) in [5.41, 5.74) is 2.78. The largest absolute Gasteiger partial charge is 0.495 e. The summed E-state index contributed by atoms with van der Waals surface area (Å²) in [7, 11) is -2.53. The molecule has 0 aliphatic heterocycles.